The Morgan fingerprint density at radius 2 is 2.14 bits per heavy atom. The summed E-state index contributed by atoms with van der Waals surface area (Å²) < 4.78 is 5.78. The van der Waals surface area contributed by atoms with E-state index in [1.807, 2.05) is 0 Å². The van der Waals surface area contributed by atoms with E-state index in [2.05, 4.69) is 24.1 Å². The maximum Gasteiger partial charge on any atom is 0.0702 e. The molecule has 5 atom stereocenters. The van der Waals surface area contributed by atoms with Gasteiger partial charge in [0.15, 0.2) is 0 Å². The lowest BCUT2D eigenvalue weighted by Gasteiger charge is -2.41. The van der Waals surface area contributed by atoms with Crippen LogP contribution in [0.1, 0.15) is 52.4 Å². The Bertz CT molecular complexity index is 359. The lowest BCUT2D eigenvalue weighted by molar-refractivity contribution is 0.0445. The van der Waals surface area contributed by atoms with Crippen molar-refractivity contribution >= 4 is 0 Å². The molecule has 0 radical (unpaired) electrons. The highest BCUT2D eigenvalue weighted by Crippen LogP contribution is 2.38. The fourth-order valence-electron chi connectivity index (χ4n) is 4.69. The van der Waals surface area contributed by atoms with Crippen molar-refractivity contribution in [2.45, 2.75) is 70.6 Å². The number of piperidine rings is 1. The molecule has 4 nitrogen and oxygen atoms in total. The molecule has 0 aromatic heterocycles. The summed E-state index contributed by atoms with van der Waals surface area (Å²) in [5, 5.41) is 13.6. The third-order valence-electron chi connectivity index (χ3n) is 6.33. The van der Waals surface area contributed by atoms with Gasteiger partial charge in [-0.1, -0.05) is 20.3 Å². The summed E-state index contributed by atoms with van der Waals surface area (Å²) in [5.74, 6) is 0.679. The Morgan fingerprint density at radius 3 is 2.82 bits per heavy atom. The second-order valence-electron chi connectivity index (χ2n) is 8.19. The predicted octanol–water partition coefficient (Wildman–Crippen LogP) is 2.02. The van der Waals surface area contributed by atoms with Gasteiger partial charge in [-0.15, -0.1) is 0 Å². The summed E-state index contributed by atoms with van der Waals surface area (Å²) >= 11 is 0. The summed E-state index contributed by atoms with van der Waals surface area (Å²) in [5.41, 5.74) is 0.0918. The van der Waals surface area contributed by atoms with E-state index < -0.39 is 0 Å². The first-order chi connectivity index (χ1) is 10.6. The van der Waals surface area contributed by atoms with Crippen LogP contribution in [-0.2, 0) is 4.74 Å². The zero-order valence-electron chi connectivity index (χ0n) is 14.4. The standard InChI is InChI=1S/C18H34N2O2/c1-14-11-20(12-15-5-4-10-22-15)9-7-16(14)19-17-6-3-8-18(17,2)13-21/h14-17,19,21H,3-13H2,1-2H3/t14-,15+,16+,17-,18+/m1/s1. The van der Waals surface area contributed by atoms with E-state index >= 15 is 0 Å². The van der Waals surface area contributed by atoms with Crippen LogP contribution in [0.2, 0.25) is 0 Å². The molecule has 1 saturated carbocycles. The number of aliphatic hydroxyl groups excluding tert-OH is 1. The van der Waals surface area contributed by atoms with Crippen LogP contribution in [0.4, 0.5) is 0 Å². The Kier molecular flexibility index (Phi) is 5.43. The zero-order chi connectivity index (χ0) is 15.6. The van der Waals surface area contributed by atoms with Crippen molar-refractivity contribution in [3.05, 3.63) is 0 Å². The van der Waals surface area contributed by atoms with Gasteiger partial charge in [0.05, 0.1) is 6.10 Å². The highest BCUT2D eigenvalue weighted by molar-refractivity contribution is 4.96. The van der Waals surface area contributed by atoms with E-state index in [0.29, 0.717) is 30.7 Å². The van der Waals surface area contributed by atoms with Crippen molar-refractivity contribution in [1.29, 1.82) is 0 Å². The second-order valence-corrected chi connectivity index (χ2v) is 8.19. The molecule has 0 aromatic rings. The molecule has 0 spiro atoms. The number of rotatable bonds is 5. The van der Waals surface area contributed by atoms with Crippen LogP contribution < -0.4 is 5.32 Å². The van der Waals surface area contributed by atoms with Gasteiger partial charge in [-0.25, -0.2) is 0 Å². The minimum Gasteiger partial charge on any atom is -0.396 e. The number of nitrogens with one attached hydrogen (secondary N) is 1. The first kappa shape index (κ1) is 16.7. The number of ether oxygens (including phenoxy) is 1. The Morgan fingerprint density at radius 1 is 1.27 bits per heavy atom. The quantitative estimate of drug-likeness (QED) is 0.815. The van der Waals surface area contributed by atoms with Gasteiger partial charge >= 0.3 is 0 Å². The fraction of sp³-hybridized carbons (Fsp3) is 1.00. The average molecular weight is 310 g/mol. The molecule has 0 unspecified atom stereocenters. The SMILES string of the molecule is C[C@@H]1CN(C[C@@H]2CCCO2)CC[C@@H]1N[C@@H]1CCC[C@@]1(C)CO. The first-order valence-electron chi connectivity index (χ1n) is 9.31. The lowest BCUT2D eigenvalue weighted by Crippen LogP contribution is -2.55. The highest BCUT2D eigenvalue weighted by Gasteiger charge is 2.40. The van der Waals surface area contributed by atoms with Gasteiger partial charge in [-0.05, 0) is 44.6 Å². The summed E-state index contributed by atoms with van der Waals surface area (Å²) in [4.78, 5) is 2.60. The van der Waals surface area contributed by atoms with Gasteiger partial charge in [0.2, 0.25) is 0 Å². The molecule has 1 aliphatic carbocycles. The van der Waals surface area contributed by atoms with Gasteiger partial charge in [0.1, 0.15) is 0 Å². The van der Waals surface area contributed by atoms with E-state index in [-0.39, 0.29) is 5.41 Å². The molecule has 2 N–H and O–H groups in total. The van der Waals surface area contributed by atoms with E-state index in [1.54, 1.807) is 0 Å². The van der Waals surface area contributed by atoms with Crippen LogP contribution in [0.3, 0.4) is 0 Å². The largest absolute Gasteiger partial charge is 0.396 e. The number of nitrogens with zero attached hydrogens (tertiary/aromatic N) is 1. The maximum atomic E-state index is 9.73. The van der Waals surface area contributed by atoms with Crippen molar-refractivity contribution in [3.8, 4) is 0 Å². The summed E-state index contributed by atoms with van der Waals surface area (Å²) in [6.45, 7) is 9.38. The summed E-state index contributed by atoms with van der Waals surface area (Å²) in [6.07, 6.45) is 7.81. The molecule has 4 heteroatoms. The van der Waals surface area contributed by atoms with Crippen molar-refractivity contribution in [2.75, 3.05) is 32.8 Å². The number of hydrogen-bond donors (Lipinski definition) is 2. The fourth-order valence-corrected chi connectivity index (χ4v) is 4.69. The molecule has 0 aromatic carbocycles. The van der Waals surface area contributed by atoms with Crippen LogP contribution >= 0.6 is 0 Å². The first-order valence-corrected chi connectivity index (χ1v) is 9.31. The smallest absolute Gasteiger partial charge is 0.0702 e. The molecule has 3 rings (SSSR count). The van der Waals surface area contributed by atoms with Gasteiger partial charge < -0.3 is 20.1 Å². The highest BCUT2D eigenvalue weighted by atomic mass is 16.5. The molecular weight excluding hydrogens is 276 g/mol. The van der Waals surface area contributed by atoms with Crippen molar-refractivity contribution in [3.63, 3.8) is 0 Å². The average Bonchev–Trinajstić information content (AvgIpc) is 3.13. The van der Waals surface area contributed by atoms with Gasteiger partial charge in [0.25, 0.3) is 0 Å². The van der Waals surface area contributed by atoms with Crippen molar-refractivity contribution in [1.82, 2.24) is 10.2 Å². The third kappa shape index (κ3) is 3.66. The molecule has 2 saturated heterocycles. The molecule has 0 amide bonds. The van der Waals surface area contributed by atoms with E-state index in [9.17, 15) is 5.11 Å². The molecule has 3 aliphatic rings. The number of hydrogen-bond acceptors (Lipinski definition) is 4. The molecule has 2 heterocycles. The van der Waals surface area contributed by atoms with Crippen LogP contribution in [0, 0.1) is 11.3 Å². The second kappa shape index (κ2) is 7.16. The van der Waals surface area contributed by atoms with Crippen molar-refractivity contribution < 1.29 is 9.84 Å². The molecule has 3 fully saturated rings. The molecule has 22 heavy (non-hydrogen) atoms. The van der Waals surface area contributed by atoms with Gasteiger partial charge in [0, 0.05) is 43.8 Å². The molecule has 2 aliphatic heterocycles. The summed E-state index contributed by atoms with van der Waals surface area (Å²) in [7, 11) is 0. The molecular formula is C18H34N2O2. The Labute approximate surface area is 135 Å². The van der Waals surface area contributed by atoms with Crippen LogP contribution in [0.25, 0.3) is 0 Å². The van der Waals surface area contributed by atoms with Crippen LogP contribution in [0.5, 0.6) is 0 Å². The van der Waals surface area contributed by atoms with Crippen molar-refractivity contribution in [2.24, 2.45) is 11.3 Å². The molecule has 128 valence electrons. The minimum atomic E-state index is 0.0918. The maximum absolute atomic E-state index is 9.73. The molecule has 0 bridgehead atoms. The normalized spacial score (nSPS) is 43.8. The topological polar surface area (TPSA) is 44.7 Å². The van der Waals surface area contributed by atoms with Gasteiger partial charge in [-0.2, -0.15) is 0 Å². The Balaban J connectivity index is 1.48. The number of aliphatic hydroxyl groups is 1. The van der Waals surface area contributed by atoms with Crippen LogP contribution in [0.15, 0.2) is 0 Å². The Hall–Kier alpha value is -0.160. The zero-order valence-corrected chi connectivity index (χ0v) is 14.4. The van der Waals surface area contributed by atoms with E-state index in [0.717, 1.165) is 19.6 Å². The van der Waals surface area contributed by atoms with Gasteiger partial charge in [-0.3, -0.25) is 0 Å². The van der Waals surface area contributed by atoms with E-state index in [1.165, 1.54) is 45.2 Å². The van der Waals surface area contributed by atoms with E-state index in [4.69, 9.17) is 4.74 Å². The minimum absolute atomic E-state index is 0.0918. The lowest BCUT2D eigenvalue weighted by atomic mass is 9.83. The number of likely N-dealkylation sites (tertiary alicyclic amines) is 1. The third-order valence-corrected chi connectivity index (χ3v) is 6.33. The van der Waals surface area contributed by atoms with Crippen LogP contribution in [-0.4, -0.2) is 61.0 Å². The predicted molar refractivity (Wildman–Crippen MR) is 89.0 cm³/mol. The monoisotopic (exact) mass is 310 g/mol. The summed E-state index contributed by atoms with van der Waals surface area (Å²) in [6, 6.07) is 1.10.